The molecular formula is H6Cr2O8Sr. The minimum atomic E-state index is -5.25. The molecule has 8 nitrogen and oxygen atoms in total. The molecule has 0 aromatic heterocycles. The van der Waals surface area contributed by atoms with Crippen molar-refractivity contribution in [2.45, 2.75) is 0 Å². The van der Waals surface area contributed by atoms with Gasteiger partial charge in [-0.1, -0.05) is 0 Å². The summed E-state index contributed by atoms with van der Waals surface area (Å²) in [5.74, 6) is 0. The Hall–Kier alpha value is 1.59. The summed E-state index contributed by atoms with van der Waals surface area (Å²) in [5, 5.41) is 0. The summed E-state index contributed by atoms with van der Waals surface area (Å²) in [6.07, 6.45) is 0. The van der Waals surface area contributed by atoms with Crippen molar-refractivity contribution in [2.24, 2.45) is 0 Å². The first-order chi connectivity index (χ1) is 4.00. The Kier molecular flexibility index (Phi) is 11.8. The van der Waals surface area contributed by atoms with E-state index in [9.17, 15) is 0 Å². The van der Waals surface area contributed by atoms with Gasteiger partial charge in [0.05, 0.1) is 0 Å². The molecule has 0 spiro atoms. The van der Waals surface area contributed by atoms with Crippen molar-refractivity contribution in [2.75, 3.05) is 0 Å². The second-order valence-electron chi connectivity index (χ2n) is 0.896. The fourth-order valence-electron chi connectivity index (χ4n) is 0. The molecule has 11 heavy (non-hydrogen) atoms. The molecule has 11 heteroatoms. The van der Waals surface area contributed by atoms with Crippen molar-refractivity contribution >= 4 is 45.5 Å². The first-order valence-electron chi connectivity index (χ1n) is 1.40. The Morgan fingerprint density at radius 1 is 0.727 bits per heavy atom. The molecule has 4 N–H and O–H groups in total. The van der Waals surface area contributed by atoms with Gasteiger partial charge in [0.25, 0.3) is 0 Å². The molecule has 0 saturated heterocycles. The van der Waals surface area contributed by atoms with Gasteiger partial charge in [-0.3, -0.25) is 0 Å². The predicted octanol–water partition coefficient (Wildman–Crippen LogP) is -2.86. The Bertz CT molecular complexity index is 217. The molecule has 0 heterocycles. The summed E-state index contributed by atoms with van der Waals surface area (Å²) >= 11 is -10.5. The van der Waals surface area contributed by atoms with Crippen molar-refractivity contribution in [1.82, 2.24) is 0 Å². The standard InChI is InChI=1S/2Cr.4H2O.4O.Sr.2H/h;;4*1H2;;;;;;;/q2*+2;;;;;;;;;+2;2*-1/p-4. The van der Waals surface area contributed by atoms with Crippen LogP contribution < -0.4 is 0 Å². The van der Waals surface area contributed by atoms with Crippen molar-refractivity contribution in [3.63, 3.8) is 0 Å². The largest absolute Gasteiger partial charge is 2.00 e. The molecule has 0 amide bonds. The fourth-order valence-corrected chi connectivity index (χ4v) is 0. The Balaban J connectivity index is -0.0000000267. The van der Waals surface area contributed by atoms with Crippen LogP contribution in [0.25, 0.3) is 0 Å². The van der Waals surface area contributed by atoms with Gasteiger partial charge in [0.1, 0.15) is 0 Å². The van der Waals surface area contributed by atoms with Gasteiger partial charge in [-0.15, -0.1) is 0 Å². The Morgan fingerprint density at radius 3 is 0.727 bits per heavy atom. The fraction of sp³-hybridized carbons (Fsp3) is 0. The van der Waals surface area contributed by atoms with E-state index in [1.54, 1.807) is 0 Å². The topological polar surface area (TPSA) is 149 Å². The smallest absolute Gasteiger partial charge is 2.00 e. The predicted molar refractivity (Wildman–Crippen MR) is 19.6 cm³/mol. The van der Waals surface area contributed by atoms with Gasteiger partial charge in [-0.25, -0.2) is 0 Å². The van der Waals surface area contributed by atoms with Crippen molar-refractivity contribution in [1.29, 1.82) is 0 Å². The van der Waals surface area contributed by atoms with Crippen LogP contribution in [0.5, 0.6) is 0 Å². The molecule has 0 unspecified atom stereocenters. The summed E-state index contributed by atoms with van der Waals surface area (Å²) in [6, 6.07) is 0. The average molecular weight is 326 g/mol. The molecule has 0 radical (unpaired) electrons. The molecule has 0 atom stereocenters. The summed E-state index contributed by atoms with van der Waals surface area (Å²) in [5.41, 5.74) is 0. The SMILES string of the molecule is [H-].[H-].[O]=[Cr](=[O])([OH])[OH].[O]=[Cr](=[O])([OH])[OH].[Sr+2]. The van der Waals surface area contributed by atoms with Gasteiger partial charge < -0.3 is 2.85 Å². The van der Waals surface area contributed by atoms with E-state index in [1.165, 1.54) is 0 Å². The molecule has 0 rings (SSSR count). The maximum Gasteiger partial charge on any atom is 2.00 e. The van der Waals surface area contributed by atoms with Crippen molar-refractivity contribution in [3.8, 4) is 0 Å². The third-order valence-corrected chi connectivity index (χ3v) is 0. The zero-order chi connectivity index (χ0) is 9.00. The Labute approximate surface area is 106 Å². The molecule has 0 fully saturated rings. The van der Waals surface area contributed by atoms with Gasteiger partial charge in [0, 0.05) is 0 Å². The molecule has 0 aromatic carbocycles. The summed E-state index contributed by atoms with van der Waals surface area (Å²) in [6.45, 7) is 0. The molecule has 68 valence electrons. The van der Waals surface area contributed by atoms with E-state index in [1.807, 2.05) is 0 Å². The second kappa shape index (κ2) is 7.03. The van der Waals surface area contributed by atoms with Crippen molar-refractivity contribution in [3.05, 3.63) is 0 Å². The summed E-state index contributed by atoms with van der Waals surface area (Å²) < 4.78 is 63.8. The molecule has 0 aromatic rings. The van der Waals surface area contributed by atoms with E-state index >= 15 is 0 Å². The van der Waals surface area contributed by atoms with Crippen LogP contribution in [-0.2, 0) is 42.4 Å². The zero-order valence-corrected chi connectivity index (χ0v) is 11.0. The van der Waals surface area contributed by atoms with Crippen LogP contribution in [0.4, 0.5) is 0 Å². The molecule has 0 aliphatic heterocycles. The van der Waals surface area contributed by atoms with E-state index in [4.69, 9.17) is 31.8 Å². The normalized spacial score (nSPS) is 10.5. The maximum absolute atomic E-state index is 8.82. The zero-order valence-electron chi connectivity index (χ0n) is 6.95. The van der Waals surface area contributed by atoms with Crippen LogP contribution in [0.2, 0.25) is 0 Å². The molecule has 0 saturated carbocycles. The molecule has 0 aliphatic carbocycles. The maximum atomic E-state index is 8.82. The minimum absolute atomic E-state index is 0. The van der Waals surface area contributed by atoms with Gasteiger partial charge in [-0.2, -0.15) is 0 Å². The Morgan fingerprint density at radius 2 is 0.727 bits per heavy atom. The summed E-state index contributed by atoms with van der Waals surface area (Å²) in [7, 11) is 0. The van der Waals surface area contributed by atoms with Crippen LogP contribution in [0.1, 0.15) is 2.85 Å². The van der Waals surface area contributed by atoms with E-state index in [-0.39, 0.29) is 48.3 Å². The molecule has 0 bridgehead atoms. The second-order valence-corrected chi connectivity index (χ2v) is 3.69. The number of rotatable bonds is 0. The van der Waals surface area contributed by atoms with Crippen molar-refractivity contribution < 1.29 is 61.9 Å². The quantitative estimate of drug-likeness (QED) is 0.347. The van der Waals surface area contributed by atoms with Gasteiger partial charge in [0.2, 0.25) is 0 Å². The summed E-state index contributed by atoms with van der Waals surface area (Å²) in [4.78, 5) is 0. The molecular weight excluding hydrogens is 320 g/mol. The number of hydrogen-bond donors (Lipinski definition) is 4. The van der Waals surface area contributed by atoms with E-state index in [2.05, 4.69) is 0 Å². The first kappa shape index (κ1) is 18.4. The molecule has 0 aliphatic rings. The minimum Gasteiger partial charge on any atom is 2.00 e. The number of hydrogen-bond acceptors (Lipinski definition) is 4. The van der Waals surface area contributed by atoms with Gasteiger partial charge in [0.15, 0.2) is 0 Å². The first-order valence-corrected chi connectivity index (χ1v) is 5.76. The van der Waals surface area contributed by atoms with E-state index < -0.39 is 27.2 Å². The van der Waals surface area contributed by atoms with Crippen LogP contribution in [0.15, 0.2) is 0 Å². The monoisotopic (exact) mass is 326 g/mol. The van der Waals surface area contributed by atoms with Crippen LogP contribution in [-0.4, -0.2) is 62.1 Å². The van der Waals surface area contributed by atoms with Crippen LogP contribution in [0, 0.1) is 0 Å². The van der Waals surface area contributed by atoms with Crippen LogP contribution >= 0.6 is 0 Å². The third kappa shape index (κ3) is 423. The van der Waals surface area contributed by atoms with Gasteiger partial charge >= 0.3 is 105 Å². The van der Waals surface area contributed by atoms with Gasteiger partial charge in [-0.05, 0) is 0 Å². The van der Waals surface area contributed by atoms with E-state index in [0.29, 0.717) is 0 Å². The van der Waals surface area contributed by atoms with E-state index in [0.717, 1.165) is 0 Å². The van der Waals surface area contributed by atoms with Crippen LogP contribution in [0.3, 0.4) is 0 Å². The third-order valence-electron chi connectivity index (χ3n) is 0. The average Bonchev–Trinajstić information content (AvgIpc) is 1.12.